The fourth-order valence-corrected chi connectivity index (χ4v) is 1.99. The predicted molar refractivity (Wildman–Crippen MR) is 71.6 cm³/mol. The molecule has 0 saturated carbocycles. The van der Waals surface area contributed by atoms with Crippen LogP contribution < -0.4 is 0 Å². The minimum absolute atomic E-state index is 0.0847. The summed E-state index contributed by atoms with van der Waals surface area (Å²) in [6.07, 6.45) is 2.55. The number of pyridine rings is 1. The second kappa shape index (κ2) is 5.38. The Hall–Kier alpha value is -2.27. The largest absolute Gasteiger partial charge is 0.419 e. The van der Waals surface area contributed by atoms with Gasteiger partial charge in [-0.3, -0.25) is 4.98 Å². The maximum atomic E-state index is 13.6. The number of alkyl halides is 1. The SMILES string of the molecule is Fc1cnccc1-c1nnc(C(Cl)c2ccccc2)o1. The number of rotatable bonds is 3. The van der Waals surface area contributed by atoms with E-state index in [0.29, 0.717) is 0 Å². The molecule has 0 radical (unpaired) electrons. The number of benzene rings is 1. The molecule has 0 fully saturated rings. The molecule has 0 bridgehead atoms. The van der Waals surface area contributed by atoms with Crippen molar-refractivity contribution in [2.75, 3.05) is 0 Å². The third kappa shape index (κ3) is 2.40. The van der Waals surface area contributed by atoms with Crippen LogP contribution in [0.4, 0.5) is 4.39 Å². The average Bonchev–Trinajstić information content (AvgIpc) is 2.97. The molecule has 1 aromatic carbocycles. The molecule has 1 unspecified atom stereocenters. The van der Waals surface area contributed by atoms with Crippen LogP contribution in [0.2, 0.25) is 0 Å². The van der Waals surface area contributed by atoms with Crippen LogP contribution in [0.5, 0.6) is 0 Å². The number of aromatic nitrogens is 3. The molecule has 1 atom stereocenters. The molecular formula is C14H9ClFN3O. The molecule has 2 aromatic heterocycles. The molecule has 0 aliphatic carbocycles. The summed E-state index contributed by atoms with van der Waals surface area (Å²) in [5, 5.41) is 7.13. The summed E-state index contributed by atoms with van der Waals surface area (Å²) in [6.45, 7) is 0. The van der Waals surface area contributed by atoms with Crippen molar-refractivity contribution in [3.8, 4) is 11.5 Å². The van der Waals surface area contributed by atoms with Crippen LogP contribution in [-0.2, 0) is 0 Å². The lowest BCUT2D eigenvalue weighted by atomic mass is 10.1. The van der Waals surface area contributed by atoms with Crippen LogP contribution in [-0.4, -0.2) is 15.2 Å². The highest BCUT2D eigenvalue weighted by atomic mass is 35.5. The monoisotopic (exact) mass is 289 g/mol. The van der Waals surface area contributed by atoms with Crippen molar-refractivity contribution in [1.29, 1.82) is 0 Å². The first-order chi connectivity index (χ1) is 9.75. The van der Waals surface area contributed by atoms with Gasteiger partial charge in [-0.05, 0) is 11.6 Å². The molecule has 0 spiro atoms. The zero-order valence-corrected chi connectivity index (χ0v) is 11.0. The van der Waals surface area contributed by atoms with Crippen molar-refractivity contribution in [1.82, 2.24) is 15.2 Å². The van der Waals surface area contributed by atoms with E-state index in [1.54, 1.807) is 0 Å². The van der Waals surface area contributed by atoms with Gasteiger partial charge in [0.2, 0.25) is 5.89 Å². The van der Waals surface area contributed by atoms with E-state index in [2.05, 4.69) is 15.2 Å². The first kappa shape index (κ1) is 12.7. The highest BCUT2D eigenvalue weighted by Crippen LogP contribution is 2.30. The molecule has 0 amide bonds. The second-order valence-corrected chi connectivity index (χ2v) is 4.51. The second-order valence-electron chi connectivity index (χ2n) is 4.07. The van der Waals surface area contributed by atoms with E-state index in [0.717, 1.165) is 11.8 Å². The smallest absolute Gasteiger partial charge is 0.250 e. The Morgan fingerprint density at radius 2 is 1.90 bits per heavy atom. The summed E-state index contributed by atoms with van der Waals surface area (Å²) in [5.41, 5.74) is 1.04. The van der Waals surface area contributed by atoms with Crippen molar-refractivity contribution in [3.63, 3.8) is 0 Å². The van der Waals surface area contributed by atoms with Gasteiger partial charge in [0.25, 0.3) is 5.89 Å². The van der Waals surface area contributed by atoms with Crippen molar-refractivity contribution >= 4 is 11.6 Å². The van der Waals surface area contributed by atoms with Crippen molar-refractivity contribution < 1.29 is 8.81 Å². The summed E-state index contributed by atoms with van der Waals surface area (Å²) in [4.78, 5) is 3.67. The van der Waals surface area contributed by atoms with E-state index < -0.39 is 11.2 Å². The van der Waals surface area contributed by atoms with Crippen LogP contribution in [0.3, 0.4) is 0 Å². The van der Waals surface area contributed by atoms with E-state index in [1.807, 2.05) is 30.3 Å². The summed E-state index contributed by atoms with van der Waals surface area (Å²) in [7, 11) is 0. The van der Waals surface area contributed by atoms with Crippen LogP contribution in [0.25, 0.3) is 11.5 Å². The van der Waals surface area contributed by atoms with Crippen molar-refractivity contribution in [2.45, 2.75) is 5.38 Å². The Bertz CT molecular complexity index is 717. The van der Waals surface area contributed by atoms with E-state index in [-0.39, 0.29) is 17.3 Å². The topological polar surface area (TPSA) is 51.8 Å². The van der Waals surface area contributed by atoms with Gasteiger partial charge in [0.15, 0.2) is 5.82 Å². The lowest BCUT2D eigenvalue weighted by Gasteiger charge is -2.03. The van der Waals surface area contributed by atoms with Crippen LogP contribution in [0, 0.1) is 5.82 Å². The molecule has 6 heteroatoms. The normalized spacial score (nSPS) is 12.3. The molecule has 4 nitrogen and oxygen atoms in total. The van der Waals surface area contributed by atoms with Crippen LogP contribution >= 0.6 is 11.6 Å². The van der Waals surface area contributed by atoms with E-state index in [4.69, 9.17) is 16.0 Å². The summed E-state index contributed by atoms with van der Waals surface area (Å²) in [6, 6.07) is 10.8. The Morgan fingerprint density at radius 1 is 1.10 bits per heavy atom. The molecule has 0 saturated heterocycles. The third-order valence-corrected chi connectivity index (χ3v) is 3.19. The highest BCUT2D eigenvalue weighted by Gasteiger charge is 2.19. The van der Waals surface area contributed by atoms with Gasteiger partial charge in [-0.1, -0.05) is 30.3 Å². The fourth-order valence-electron chi connectivity index (χ4n) is 1.76. The average molecular weight is 290 g/mol. The molecule has 0 N–H and O–H groups in total. The number of halogens is 2. The Labute approximate surface area is 119 Å². The molecule has 20 heavy (non-hydrogen) atoms. The predicted octanol–water partition coefficient (Wildman–Crippen LogP) is 3.60. The molecule has 3 rings (SSSR count). The third-order valence-electron chi connectivity index (χ3n) is 2.75. The summed E-state index contributed by atoms with van der Waals surface area (Å²) < 4.78 is 19.0. The van der Waals surface area contributed by atoms with E-state index in [9.17, 15) is 4.39 Å². The minimum Gasteiger partial charge on any atom is -0.419 e. The first-order valence-electron chi connectivity index (χ1n) is 5.88. The fraction of sp³-hybridized carbons (Fsp3) is 0.0714. The molecular weight excluding hydrogens is 281 g/mol. The van der Waals surface area contributed by atoms with Crippen molar-refractivity contribution in [2.24, 2.45) is 0 Å². The Morgan fingerprint density at radius 3 is 2.65 bits per heavy atom. The van der Waals surface area contributed by atoms with Gasteiger partial charge in [-0.2, -0.15) is 0 Å². The summed E-state index contributed by atoms with van der Waals surface area (Å²) in [5.74, 6) is -0.209. The molecule has 100 valence electrons. The highest BCUT2D eigenvalue weighted by molar-refractivity contribution is 6.22. The standard InChI is InChI=1S/C14H9ClFN3O/c15-12(9-4-2-1-3-5-9)14-19-18-13(20-14)10-6-7-17-8-11(10)16/h1-8,12H. The first-order valence-corrected chi connectivity index (χ1v) is 6.31. The summed E-state index contributed by atoms with van der Waals surface area (Å²) >= 11 is 6.27. The van der Waals surface area contributed by atoms with E-state index in [1.165, 1.54) is 12.3 Å². The number of hydrogen-bond acceptors (Lipinski definition) is 4. The van der Waals surface area contributed by atoms with Crippen LogP contribution in [0.1, 0.15) is 16.8 Å². The maximum absolute atomic E-state index is 13.6. The lowest BCUT2D eigenvalue weighted by Crippen LogP contribution is -1.92. The van der Waals surface area contributed by atoms with Gasteiger partial charge < -0.3 is 4.42 Å². The quantitative estimate of drug-likeness (QED) is 0.691. The molecule has 0 aliphatic rings. The van der Waals surface area contributed by atoms with Gasteiger partial charge >= 0.3 is 0 Å². The number of nitrogens with zero attached hydrogens (tertiary/aromatic N) is 3. The van der Waals surface area contributed by atoms with Gasteiger partial charge in [0, 0.05) is 6.20 Å². The molecule has 3 aromatic rings. The molecule has 0 aliphatic heterocycles. The van der Waals surface area contributed by atoms with Crippen molar-refractivity contribution in [3.05, 3.63) is 66.1 Å². The van der Waals surface area contributed by atoms with Crippen LogP contribution in [0.15, 0.2) is 53.2 Å². The lowest BCUT2D eigenvalue weighted by molar-refractivity contribution is 0.508. The zero-order chi connectivity index (χ0) is 13.9. The van der Waals surface area contributed by atoms with E-state index >= 15 is 0 Å². The van der Waals surface area contributed by atoms with Gasteiger partial charge in [0.1, 0.15) is 5.38 Å². The minimum atomic E-state index is -0.567. The molecule has 2 heterocycles. The van der Waals surface area contributed by atoms with Gasteiger partial charge in [-0.15, -0.1) is 21.8 Å². The zero-order valence-electron chi connectivity index (χ0n) is 10.2. The number of hydrogen-bond donors (Lipinski definition) is 0. The Balaban J connectivity index is 1.93. The Kier molecular flexibility index (Phi) is 3.43. The van der Waals surface area contributed by atoms with Gasteiger partial charge in [-0.25, -0.2) is 4.39 Å². The van der Waals surface area contributed by atoms with Gasteiger partial charge in [0.05, 0.1) is 11.8 Å². The maximum Gasteiger partial charge on any atom is 0.250 e.